The highest BCUT2D eigenvalue weighted by Gasteiger charge is 2.46. The maximum atomic E-state index is 12.2. The highest BCUT2D eigenvalue weighted by Crippen LogP contribution is 2.36. The minimum absolute atomic E-state index is 0.127. The highest BCUT2D eigenvalue weighted by molar-refractivity contribution is 5.82. The van der Waals surface area contributed by atoms with Gasteiger partial charge in [0.1, 0.15) is 0 Å². The van der Waals surface area contributed by atoms with E-state index in [2.05, 4.69) is 0 Å². The summed E-state index contributed by atoms with van der Waals surface area (Å²) in [5, 5.41) is 0. The first-order valence-electron chi connectivity index (χ1n) is 6.79. The fourth-order valence-electron chi connectivity index (χ4n) is 2.70. The Morgan fingerprint density at radius 1 is 1.59 bits per heavy atom. The number of amides is 1. The van der Waals surface area contributed by atoms with Crippen molar-refractivity contribution in [1.29, 1.82) is 0 Å². The molecule has 1 aliphatic heterocycles. The van der Waals surface area contributed by atoms with Crippen molar-refractivity contribution in [3.63, 3.8) is 0 Å². The first kappa shape index (κ1) is 12.8. The third kappa shape index (κ3) is 2.99. The van der Waals surface area contributed by atoms with E-state index < -0.39 is 0 Å². The van der Waals surface area contributed by atoms with Gasteiger partial charge in [-0.05, 0) is 39.0 Å². The van der Waals surface area contributed by atoms with Crippen molar-refractivity contribution in [3.8, 4) is 0 Å². The van der Waals surface area contributed by atoms with Gasteiger partial charge in [-0.3, -0.25) is 4.79 Å². The largest absolute Gasteiger partial charge is 0.378 e. The van der Waals surface area contributed by atoms with Crippen LogP contribution in [0.1, 0.15) is 33.1 Å². The average molecular weight is 240 g/mol. The Hall–Kier alpha value is -0.610. The Bertz CT molecular complexity index is 281. The maximum absolute atomic E-state index is 12.2. The fraction of sp³-hybridized carbons (Fsp3) is 0.923. The quantitative estimate of drug-likeness (QED) is 0.797. The Morgan fingerprint density at radius 3 is 3.00 bits per heavy atom. The summed E-state index contributed by atoms with van der Waals surface area (Å²) in [7, 11) is 0. The SMILES string of the molecule is CCOC1CC1C(=O)N1CCCC(C(C)N)C1. The number of hydrogen-bond acceptors (Lipinski definition) is 3. The third-order valence-electron chi connectivity index (χ3n) is 3.94. The minimum Gasteiger partial charge on any atom is -0.378 e. The van der Waals surface area contributed by atoms with Gasteiger partial charge in [0, 0.05) is 25.7 Å². The Kier molecular flexibility index (Phi) is 4.05. The van der Waals surface area contributed by atoms with Crippen LogP contribution in [0.3, 0.4) is 0 Å². The van der Waals surface area contributed by atoms with Crippen molar-refractivity contribution in [2.75, 3.05) is 19.7 Å². The molecule has 0 radical (unpaired) electrons. The molecule has 2 rings (SSSR count). The molecule has 0 bridgehead atoms. The zero-order valence-electron chi connectivity index (χ0n) is 10.9. The van der Waals surface area contributed by atoms with E-state index in [9.17, 15) is 4.79 Å². The lowest BCUT2D eigenvalue weighted by Crippen LogP contribution is -2.45. The van der Waals surface area contributed by atoms with Gasteiger partial charge < -0.3 is 15.4 Å². The molecule has 1 saturated carbocycles. The maximum Gasteiger partial charge on any atom is 0.228 e. The Morgan fingerprint density at radius 2 is 2.35 bits per heavy atom. The van der Waals surface area contributed by atoms with Crippen LogP contribution in [0.15, 0.2) is 0 Å². The van der Waals surface area contributed by atoms with E-state index in [0.29, 0.717) is 12.5 Å². The van der Waals surface area contributed by atoms with Crippen LogP contribution in [-0.2, 0) is 9.53 Å². The molecule has 2 aliphatic rings. The summed E-state index contributed by atoms with van der Waals surface area (Å²) in [5.41, 5.74) is 5.93. The topological polar surface area (TPSA) is 55.6 Å². The van der Waals surface area contributed by atoms with E-state index in [1.807, 2.05) is 18.7 Å². The summed E-state index contributed by atoms with van der Waals surface area (Å²) < 4.78 is 5.48. The van der Waals surface area contributed by atoms with Gasteiger partial charge in [-0.25, -0.2) is 0 Å². The molecule has 1 saturated heterocycles. The number of rotatable bonds is 4. The average Bonchev–Trinajstić information content (AvgIpc) is 3.08. The molecule has 1 heterocycles. The first-order chi connectivity index (χ1) is 8.13. The smallest absolute Gasteiger partial charge is 0.228 e. The van der Waals surface area contributed by atoms with Gasteiger partial charge in [-0.1, -0.05) is 0 Å². The number of carbonyl (C=O) groups excluding carboxylic acids is 1. The molecule has 4 unspecified atom stereocenters. The van der Waals surface area contributed by atoms with Crippen molar-refractivity contribution in [2.45, 2.75) is 45.3 Å². The predicted octanol–water partition coefficient (Wildman–Crippen LogP) is 0.997. The van der Waals surface area contributed by atoms with Crippen LogP contribution in [0, 0.1) is 11.8 Å². The molecule has 0 aromatic rings. The van der Waals surface area contributed by atoms with Crippen molar-refractivity contribution in [3.05, 3.63) is 0 Å². The van der Waals surface area contributed by atoms with E-state index >= 15 is 0 Å². The lowest BCUT2D eigenvalue weighted by Gasteiger charge is -2.34. The molecule has 98 valence electrons. The Labute approximate surface area is 103 Å². The van der Waals surface area contributed by atoms with Gasteiger partial charge in [-0.15, -0.1) is 0 Å². The molecule has 2 N–H and O–H groups in total. The second-order valence-corrected chi connectivity index (χ2v) is 5.38. The van der Waals surface area contributed by atoms with E-state index in [-0.39, 0.29) is 24.0 Å². The molecule has 0 aromatic heterocycles. The number of likely N-dealkylation sites (tertiary alicyclic amines) is 1. The van der Waals surface area contributed by atoms with Gasteiger partial charge in [0.25, 0.3) is 0 Å². The molecule has 4 heteroatoms. The van der Waals surface area contributed by atoms with Crippen LogP contribution in [0.5, 0.6) is 0 Å². The zero-order valence-corrected chi connectivity index (χ0v) is 10.9. The second-order valence-electron chi connectivity index (χ2n) is 5.38. The van der Waals surface area contributed by atoms with Crippen LogP contribution in [0.2, 0.25) is 0 Å². The number of carbonyl (C=O) groups is 1. The lowest BCUT2D eigenvalue weighted by atomic mass is 9.92. The molecular formula is C13H24N2O2. The molecule has 1 aliphatic carbocycles. The molecule has 2 fully saturated rings. The Balaban J connectivity index is 1.84. The van der Waals surface area contributed by atoms with Crippen LogP contribution < -0.4 is 5.73 Å². The standard InChI is InChI=1S/C13H24N2O2/c1-3-17-12-7-11(12)13(16)15-6-4-5-10(8-15)9(2)14/h9-12H,3-8,14H2,1-2H3. The number of nitrogens with zero attached hydrogens (tertiary/aromatic N) is 1. The van der Waals surface area contributed by atoms with E-state index in [4.69, 9.17) is 10.5 Å². The minimum atomic E-state index is 0.127. The molecule has 1 amide bonds. The van der Waals surface area contributed by atoms with Crippen LogP contribution in [0.4, 0.5) is 0 Å². The van der Waals surface area contributed by atoms with E-state index in [1.54, 1.807) is 0 Å². The monoisotopic (exact) mass is 240 g/mol. The number of ether oxygens (including phenoxy) is 1. The van der Waals surface area contributed by atoms with E-state index in [0.717, 1.165) is 32.4 Å². The first-order valence-corrected chi connectivity index (χ1v) is 6.79. The summed E-state index contributed by atoms with van der Waals surface area (Å²) in [6, 6.07) is 0.187. The predicted molar refractivity (Wildman–Crippen MR) is 66.5 cm³/mol. The lowest BCUT2D eigenvalue weighted by molar-refractivity contribution is -0.135. The summed E-state index contributed by atoms with van der Waals surface area (Å²) >= 11 is 0. The number of nitrogens with two attached hydrogens (primary N) is 1. The zero-order chi connectivity index (χ0) is 12.4. The fourth-order valence-corrected chi connectivity index (χ4v) is 2.70. The van der Waals surface area contributed by atoms with Crippen molar-refractivity contribution in [2.24, 2.45) is 17.6 Å². The third-order valence-corrected chi connectivity index (χ3v) is 3.94. The molecule has 17 heavy (non-hydrogen) atoms. The molecule has 0 aromatic carbocycles. The van der Waals surface area contributed by atoms with Crippen LogP contribution in [-0.4, -0.2) is 42.6 Å². The van der Waals surface area contributed by atoms with Gasteiger partial charge in [0.15, 0.2) is 0 Å². The summed E-state index contributed by atoms with van der Waals surface area (Å²) in [5.74, 6) is 0.882. The van der Waals surface area contributed by atoms with Crippen LogP contribution in [0.25, 0.3) is 0 Å². The van der Waals surface area contributed by atoms with Crippen molar-refractivity contribution < 1.29 is 9.53 Å². The summed E-state index contributed by atoms with van der Waals surface area (Å²) in [6.07, 6.45) is 3.33. The highest BCUT2D eigenvalue weighted by atomic mass is 16.5. The molecular weight excluding hydrogens is 216 g/mol. The summed E-state index contributed by atoms with van der Waals surface area (Å²) in [4.78, 5) is 14.2. The molecule has 0 spiro atoms. The molecule has 4 atom stereocenters. The van der Waals surface area contributed by atoms with Gasteiger partial charge in [0.2, 0.25) is 5.91 Å². The number of piperidine rings is 1. The normalized spacial score (nSPS) is 34.5. The second kappa shape index (κ2) is 5.36. The van der Waals surface area contributed by atoms with Gasteiger partial charge >= 0.3 is 0 Å². The summed E-state index contributed by atoms with van der Waals surface area (Å²) in [6.45, 7) is 6.46. The van der Waals surface area contributed by atoms with E-state index in [1.165, 1.54) is 0 Å². The number of hydrogen-bond donors (Lipinski definition) is 1. The molecule has 4 nitrogen and oxygen atoms in total. The van der Waals surface area contributed by atoms with Crippen molar-refractivity contribution >= 4 is 5.91 Å². The van der Waals surface area contributed by atoms with Gasteiger partial charge in [0.05, 0.1) is 12.0 Å². The van der Waals surface area contributed by atoms with Crippen molar-refractivity contribution in [1.82, 2.24) is 4.90 Å². The van der Waals surface area contributed by atoms with Gasteiger partial charge in [-0.2, -0.15) is 0 Å². The van der Waals surface area contributed by atoms with Crippen LogP contribution >= 0.6 is 0 Å².